The molecule has 23 heavy (non-hydrogen) atoms. The molecule has 5 atom stereocenters. The van der Waals surface area contributed by atoms with Gasteiger partial charge in [-0.05, 0) is 62.1 Å². The van der Waals surface area contributed by atoms with Crippen LogP contribution in [-0.4, -0.2) is 21.2 Å². The quantitative estimate of drug-likeness (QED) is 0.604. The van der Waals surface area contributed by atoms with E-state index in [1.807, 2.05) is 30.3 Å². The summed E-state index contributed by atoms with van der Waals surface area (Å²) < 4.78 is 19.5. The van der Waals surface area contributed by atoms with Gasteiger partial charge in [0.1, 0.15) is 5.60 Å². The number of hydrogen-bond donors (Lipinski definition) is 0. The van der Waals surface area contributed by atoms with Crippen LogP contribution in [-0.2, 0) is 15.5 Å². The molecule has 2 fully saturated rings. The van der Waals surface area contributed by atoms with Crippen LogP contribution < -0.4 is 0 Å². The molecule has 2 nitrogen and oxygen atoms in total. The van der Waals surface area contributed by atoms with Crippen LogP contribution in [0.15, 0.2) is 46.4 Å². The standard InChI is InChI=1S/C20H26O2S/c1-13(2)20-18(22-20)12-11-17(16-10-9-14(3)19(16)20)23(21)15-7-5-4-6-8-15/h4-8,13,16-18H,9-12H2,1-3H3. The zero-order valence-electron chi connectivity index (χ0n) is 14.2. The van der Waals surface area contributed by atoms with Gasteiger partial charge in [0.15, 0.2) is 0 Å². The maximum atomic E-state index is 13.2. The van der Waals surface area contributed by atoms with E-state index < -0.39 is 10.8 Å². The van der Waals surface area contributed by atoms with Crippen LogP contribution in [0.3, 0.4) is 0 Å². The molecule has 0 N–H and O–H groups in total. The van der Waals surface area contributed by atoms with E-state index in [4.69, 9.17) is 4.74 Å². The van der Waals surface area contributed by atoms with Crippen molar-refractivity contribution in [3.05, 3.63) is 41.5 Å². The van der Waals surface area contributed by atoms with Crippen LogP contribution in [0, 0.1) is 11.8 Å². The minimum absolute atomic E-state index is 0.0408. The molecule has 1 heterocycles. The molecule has 4 rings (SSSR count). The number of benzene rings is 1. The molecule has 3 heteroatoms. The molecule has 3 aliphatic rings. The third-order valence-corrected chi connectivity index (χ3v) is 7.96. The van der Waals surface area contributed by atoms with Crippen molar-refractivity contribution >= 4 is 10.8 Å². The molecule has 5 unspecified atom stereocenters. The fraction of sp³-hybridized carbons (Fsp3) is 0.600. The fourth-order valence-electron chi connectivity index (χ4n) is 5.00. The monoisotopic (exact) mass is 330 g/mol. The maximum absolute atomic E-state index is 13.2. The lowest BCUT2D eigenvalue weighted by molar-refractivity contribution is 0.244. The SMILES string of the molecule is CC1=C2C(CC1)C(S(=O)c1ccccc1)CCC1OC21C(C)C. The minimum atomic E-state index is -0.922. The van der Waals surface area contributed by atoms with Crippen molar-refractivity contribution in [3.63, 3.8) is 0 Å². The molecule has 1 aromatic rings. The molecule has 124 valence electrons. The molecule has 1 aromatic carbocycles. The van der Waals surface area contributed by atoms with Gasteiger partial charge in [-0.1, -0.05) is 37.6 Å². The van der Waals surface area contributed by atoms with E-state index in [2.05, 4.69) is 20.8 Å². The number of epoxide rings is 1. The van der Waals surface area contributed by atoms with Crippen molar-refractivity contribution in [2.75, 3.05) is 0 Å². The first-order valence-electron chi connectivity index (χ1n) is 8.89. The molecule has 1 saturated carbocycles. The Hall–Kier alpha value is -0.930. The topological polar surface area (TPSA) is 29.6 Å². The van der Waals surface area contributed by atoms with Crippen LogP contribution in [0.4, 0.5) is 0 Å². The summed E-state index contributed by atoms with van der Waals surface area (Å²) in [5, 5.41) is 0.247. The summed E-state index contributed by atoms with van der Waals surface area (Å²) >= 11 is 0. The Labute approximate surface area is 141 Å². The second-order valence-electron chi connectivity index (χ2n) is 7.62. The molecular formula is C20H26O2S. The van der Waals surface area contributed by atoms with E-state index in [9.17, 15) is 4.21 Å². The van der Waals surface area contributed by atoms with Crippen LogP contribution in [0.2, 0.25) is 0 Å². The van der Waals surface area contributed by atoms with E-state index in [1.54, 1.807) is 0 Å². The largest absolute Gasteiger partial charge is 0.361 e. The van der Waals surface area contributed by atoms with Crippen LogP contribution in [0.5, 0.6) is 0 Å². The predicted octanol–water partition coefficient (Wildman–Crippen LogP) is 4.48. The van der Waals surface area contributed by atoms with Crippen LogP contribution >= 0.6 is 0 Å². The van der Waals surface area contributed by atoms with E-state index in [-0.39, 0.29) is 10.9 Å². The highest BCUT2D eigenvalue weighted by atomic mass is 32.2. The Kier molecular flexibility index (Phi) is 3.77. The summed E-state index contributed by atoms with van der Waals surface area (Å²) in [5.41, 5.74) is 2.98. The van der Waals surface area contributed by atoms with Gasteiger partial charge < -0.3 is 4.74 Å². The average Bonchev–Trinajstić information content (AvgIpc) is 3.18. The summed E-state index contributed by atoms with van der Waals surface area (Å²) in [5.74, 6) is 0.938. The average molecular weight is 330 g/mol. The van der Waals surface area contributed by atoms with Gasteiger partial charge in [-0.25, -0.2) is 0 Å². The summed E-state index contributed by atoms with van der Waals surface area (Å²) in [6, 6.07) is 10.0. The van der Waals surface area contributed by atoms with Gasteiger partial charge in [-0.3, -0.25) is 4.21 Å². The number of allylic oxidation sites excluding steroid dienone is 1. The Morgan fingerprint density at radius 3 is 2.61 bits per heavy atom. The number of rotatable bonds is 3. The van der Waals surface area contributed by atoms with E-state index >= 15 is 0 Å². The number of fused-ring (bicyclic) bond motifs is 3. The Bertz CT molecular complexity index is 663. The third kappa shape index (κ3) is 2.27. The van der Waals surface area contributed by atoms with Crippen molar-refractivity contribution in [2.45, 2.75) is 68.3 Å². The van der Waals surface area contributed by atoms with Crippen molar-refractivity contribution < 1.29 is 8.95 Å². The minimum Gasteiger partial charge on any atom is -0.361 e. The van der Waals surface area contributed by atoms with Gasteiger partial charge >= 0.3 is 0 Å². The molecular weight excluding hydrogens is 304 g/mol. The van der Waals surface area contributed by atoms with Gasteiger partial charge in [0.2, 0.25) is 0 Å². The molecule has 0 aromatic heterocycles. The highest BCUT2D eigenvalue weighted by Gasteiger charge is 2.65. The maximum Gasteiger partial charge on any atom is 0.119 e. The molecule has 0 bridgehead atoms. The lowest BCUT2D eigenvalue weighted by atomic mass is 9.79. The van der Waals surface area contributed by atoms with Crippen molar-refractivity contribution in [1.82, 2.24) is 0 Å². The van der Waals surface area contributed by atoms with Gasteiger partial charge in [-0.2, -0.15) is 0 Å². The second kappa shape index (κ2) is 5.56. The van der Waals surface area contributed by atoms with E-state index in [0.717, 1.165) is 30.6 Å². The molecule has 2 aliphatic carbocycles. The molecule has 0 radical (unpaired) electrons. The normalized spacial score (nSPS) is 37.3. The van der Waals surface area contributed by atoms with Gasteiger partial charge in [0.25, 0.3) is 0 Å². The Morgan fingerprint density at radius 2 is 1.91 bits per heavy atom. The molecule has 0 amide bonds. The first-order chi connectivity index (χ1) is 11.1. The smallest absolute Gasteiger partial charge is 0.119 e. The van der Waals surface area contributed by atoms with Gasteiger partial charge in [0.05, 0.1) is 16.9 Å². The lowest BCUT2D eigenvalue weighted by Crippen LogP contribution is -2.32. The van der Waals surface area contributed by atoms with E-state index in [1.165, 1.54) is 11.1 Å². The Balaban J connectivity index is 1.71. The highest BCUT2D eigenvalue weighted by Crippen LogP contribution is 2.60. The summed E-state index contributed by atoms with van der Waals surface area (Å²) in [6.07, 6.45) is 4.71. The third-order valence-electron chi connectivity index (χ3n) is 6.11. The fourth-order valence-corrected chi connectivity index (χ4v) is 6.69. The second-order valence-corrected chi connectivity index (χ2v) is 9.29. The van der Waals surface area contributed by atoms with Crippen molar-refractivity contribution in [3.8, 4) is 0 Å². The summed E-state index contributed by atoms with van der Waals surface area (Å²) in [6.45, 7) is 6.83. The van der Waals surface area contributed by atoms with E-state index in [0.29, 0.717) is 17.9 Å². The number of hydrogen-bond acceptors (Lipinski definition) is 2. The molecule has 1 aliphatic heterocycles. The molecule has 0 spiro atoms. The lowest BCUT2D eigenvalue weighted by Gasteiger charge is -2.29. The molecule has 1 saturated heterocycles. The van der Waals surface area contributed by atoms with Crippen molar-refractivity contribution in [2.24, 2.45) is 11.8 Å². The summed E-state index contributed by atoms with van der Waals surface area (Å²) in [4.78, 5) is 0.983. The van der Waals surface area contributed by atoms with Gasteiger partial charge in [0, 0.05) is 10.1 Å². The summed E-state index contributed by atoms with van der Waals surface area (Å²) in [7, 11) is -0.922. The zero-order chi connectivity index (χ0) is 16.2. The highest BCUT2D eigenvalue weighted by molar-refractivity contribution is 7.85. The predicted molar refractivity (Wildman–Crippen MR) is 93.7 cm³/mol. The van der Waals surface area contributed by atoms with Gasteiger partial charge in [-0.15, -0.1) is 0 Å². The Morgan fingerprint density at radius 1 is 1.17 bits per heavy atom. The van der Waals surface area contributed by atoms with Crippen LogP contribution in [0.1, 0.15) is 46.5 Å². The number of ether oxygens (including phenoxy) is 1. The first kappa shape index (κ1) is 15.6. The first-order valence-corrected chi connectivity index (χ1v) is 10.1. The zero-order valence-corrected chi connectivity index (χ0v) is 15.1. The van der Waals surface area contributed by atoms with Crippen LogP contribution in [0.25, 0.3) is 0 Å². The van der Waals surface area contributed by atoms with Crippen molar-refractivity contribution in [1.29, 1.82) is 0 Å².